The largest absolute Gasteiger partial charge is 0.299 e. The molecule has 1 aliphatic heterocycles. The molecule has 3 heteroatoms. The van der Waals surface area contributed by atoms with Gasteiger partial charge >= 0.3 is 0 Å². The van der Waals surface area contributed by atoms with Gasteiger partial charge in [0.05, 0.1) is 6.07 Å². The number of nitriles is 1. The Morgan fingerprint density at radius 1 is 1.28 bits per heavy atom. The maximum absolute atomic E-state index is 8.91. The second kappa shape index (κ2) is 5.09. The number of fused-ring (bicyclic) bond motifs is 1. The van der Waals surface area contributed by atoms with E-state index in [1.54, 1.807) is 0 Å². The van der Waals surface area contributed by atoms with Crippen LogP contribution >= 0.6 is 11.3 Å². The number of rotatable bonds is 2. The zero-order chi connectivity index (χ0) is 12.4. The smallest absolute Gasteiger partial charge is 0.0656 e. The van der Waals surface area contributed by atoms with Gasteiger partial charge in [0.15, 0.2) is 0 Å². The number of thiophene rings is 1. The molecule has 1 aromatic heterocycles. The van der Waals surface area contributed by atoms with Gasteiger partial charge < -0.3 is 0 Å². The van der Waals surface area contributed by atoms with Crippen LogP contribution in [0.15, 0.2) is 29.6 Å². The van der Waals surface area contributed by atoms with Crippen molar-refractivity contribution in [2.45, 2.75) is 19.4 Å². The first-order valence-corrected chi connectivity index (χ1v) is 7.32. The van der Waals surface area contributed by atoms with E-state index in [4.69, 9.17) is 5.26 Å². The summed E-state index contributed by atoms with van der Waals surface area (Å²) >= 11 is 1.83. The van der Waals surface area contributed by atoms with Gasteiger partial charge in [-0.3, -0.25) is 4.90 Å². The van der Waals surface area contributed by atoms with Gasteiger partial charge in [0.1, 0.15) is 0 Å². The van der Waals surface area contributed by atoms with Gasteiger partial charge in [0.25, 0.3) is 0 Å². The molecule has 0 amide bonds. The second-order valence-electron chi connectivity index (χ2n) is 4.94. The molecule has 0 saturated carbocycles. The first kappa shape index (κ1) is 11.7. The van der Waals surface area contributed by atoms with E-state index < -0.39 is 0 Å². The molecule has 0 N–H and O–H groups in total. The van der Waals surface area contributed by atoms with Crippen LogP contribution in [0.25, 0.3) is 10.1 Å². The highest BCUT2D eigenvalue weighted by molar-refractivity contribution is 7.17. The molecule has 0 atom stereocenters. The average molecular weight is 256 g/mol. The maximum atomic E-state index is 8.91. The second-order valence-corrected chi connectivity index (χ2v) is 5.85. The minimum atomic E-state index is 0.278. The van der Waals surface area contributed by atoms with E-state index in [-0.39, 0.29) is 5.92 Å². The predicted molar refractivity (Wildman–Crippen MR) is 75.4 cm³/mol. The van der Waals surface area contributed by atoms with Crippen LogP contribution in [0.2, 0.25) is 0 Å². The number of hydrogen-bond donors (Lipinski definition) is 0. The van der Waals surface area contributed by atoms with Crippen LogP contribution in [-0.2, 0) is 6.54 Å². The number of likely N-dealkylation sites (tertiary alicyclic amines) is 1. The van der Waals surface area contributed by atoms with Crippen LogP contribution in [0.3, 0.4) is 0 Å². The van der Waals surface area contributed by atoms with Crippen molar-refractivity contribution in [3.8, 4) is 6.07 Å². The Morgan fingerprint density at radius 3 is 2.83 bits per heavy atom. The standard InChI is InChI=1S/C15H16N2S/c16-9-12-5-7-17(8-6-12)10-13-11-18-15-4-2-1-3-14(13)15/h1-4,11-12H,5-8,10H2. The van der Waals surface area contributed by atoms with E-state index >= 15 is 0 Å². The Labute approximate surface area is 111 Å². The van der Waals surface area contributed by atoms with Crippen molar-refractivity contribution in [2.75, 3.05) is 13.1 Å². The van der Waals surface area contributed by atoms with Crippen LogP contribution < -0.4 is 0 Å². The van der Waals surface area contributed by atoms with Crippen molar-refractivity contribution in [2.24, 2.45) is 5.92 Å². The molecule has 1 aliphatic rings. The fourth-order valence-electron chi connectivity index (χ4n) is 2.62. The third-order valence-electron chi connectivity index (χ3n) is 3.73. The lowest BCUT2D eigenvalue weighted by Crippen LogP contribution is -2.32. The molecule has 1 aromatic carbocycles. The molecular formula is C15H16N2S. The van der Waals surface area contributed by atoms with Crippen LogP contribution in [0.1, 0.15) is 18.4 Å². The topological polar surface area (TPSA) is 27.0 Å². The monoisotopic (exact) mass is 256 g/mol. The van der Waals surface area contributed by atoms with Crippen molar-refractivity contribution in [1.82, 2.24) is 4.90 Å². The molecule has 2 aromatic rings. The molecule has 0 spiro atoms. The normalized spacial score (nSPS) is 17.9. The van der Waals surface area contributed by atoms with E-state index in [0.717, 1.165) is 32.5 Å². The van der Waals surface area contributed by atoms with E-state index in [2.05, 4.69) is 40.6 Å². The number of piperidine rings is 1. The molecule has 1 saturated heterocycles. The Kier molecular flexibility index (Phi) is 3.31. The van der Waals surface area contributed by atoms with Gasteiger partial charge in [-0.25, -0.2) is 0 Å². The SMILES string of the molecule is N#CC1CCN(Cc2csc3ccccc23)CC1. The fraction of sp³-hybridized carbons (Fsp3) is 0.400. The van der Waals surface area contributed by atoms with E-state index in [0.29, 0.717) is 0 Å². The minimum absolute atomic E-state index is 0.278. The highest BCUT2D eigenvalue weighted by Gasteiger charge is 2.19. The summed E-state index contributed by atoms with van der Waals surface area (Å²) in [4.78, 5) is 2.47. The fourth-order valence-corrected chi connectivity index (χ4v) is 3.57. The first-order valence-electron chi connectivity index (χ1n) is 6.44. The van der Waals surface area contributed by atoms with Crippen molar-refractivity contribution < 1.29 is 0 Å². The number of nitrogens with zero attached hydrogens (tertiary/aromatic N) is 2. The van der Waals surface area contributed by atoms with Crippen molar-refractivity contribution >= 4 is 21.4 Å². The zero-order valence-electron chi connectivity index (χ0n) is 10.3. The first-order chi connectivity index (χ1) is 8.86. The van der Waals surface area contributed by atoms with Crippen molar-refractivity contribution in [3.63, 3.8) is 0 Å². The number of benzene rings is 1. The van der Waals surface area contributed by atoms with Crippen LogP contribution in [0.4, 0.5) is 0 Å². The van der Waals surface area contributed by atoms with Gasteiger partial charge in [0, 0.05) is 17.2 Å². The van der Waals surface area contributed by atoms with Crippen LogP contribution in [-0.4, -0.2) is 18.0 Å². The highest BCUT2D eigenvalue weighted by atomic mass is 32.1. The molecule has 0 unspecified atom stereocenters. The number of hydrogen-bond acceptors (Lipinski definition) is 3. The zero-order valence-corrected chi connectivity index (χ0v) is 11.1. The molecule has 2 nitrogen and oxygen atoms in total. The quantitative estimate of drug-likeness (QED) is 0.820. The predicted octanol–water partition coefficient (Wildman–Crippen LogP) is 3.64. The molecule has 1 fully saturated rings. The average Bonchev–Trinajstić information content (AvgIpc) is 2.83. The van der Waals surface area contributed by atoms with Gasteiger partial charge in [0.2, 0.25) is 0 Å². The van der Waals surface area contributed by atoms with E-state index in [9.17, 15) is 0 Å². The van der Waals surface area contributed by atoms with Gasteiger partial charge in [-0.05, 0) is 48.3 Å². The third kappa shape index (κ3) is 2.27. The molecular weight excluding hydrogens is 240 g/mol. The van der Waals surface area contributed by atoms with Crippen molar-refractivity contribution in [3.05, 3.63) is 35.2 Å². The Morgan fingerprint density at radius 2 is 2.06 bits per heavy atom. The molecule has 2 heterocycles. The third-order valence-corrected chi connectivity index (χ3v) is 4.74. The van der Waals surface area contributed by atoms with Gasteiger partial charge in [-0.2, -0.15) is 5.26 Å². The van der Waals surface area contributed by atoms with Crippen molar-refractivity contribution in [1.29, 1.82) is 5.26 Å². The molecule has 3 rings (SSSR count). The van der Waals surface area contributed by atoms with Crippen LogP contribution in [0.5, 0.6) is 0 Å². The molecule has 18 heavy (non-hydrogen) atoms. The lowest BCUT2D eigenvalue weighted by molar-refractivity contribution is 0.199. The summed E-state index contributed by atoms with van der Waals surface area (Å²) in [7, 11) is 0. The summed E-state index contributed by atoms with van der Waals surface area (Å²) in [6, 6.07) is 11.0. The van der Waals surface area contributed by atoms with Gasteiger partial charge in [-0.1, -0.05) is 18.2 Å². The highest BCUT2D eigenvalue weighted by Crippen LogP contribution is 2.27. The lowest BCUT2D eigenvalue weighted by atomic mass is 9.98. The summed E-state index contributed by atoms with van der Waals surface area (Å²) in [6.07, 6.45) is 2.05. The Balaban J connectivity index is 1.72. The molecule has 0 radical (unpaired) electrons. The van der Waals surface area contributed by atoms with E-state index in [1.165, 1.54) is 15.6 Å². The van der Waals surface area contributed by atoms with Gasteiger partial charge in [-0.15, -0.1) is 11.3 Å². The summed E-state index contributed by atoms with van der Waals surface area (Å²) in [5.74, 6) is 0.278. The molecule has 0 bridgehead atoms. The minimum Gasteiger partial charge on any atom is -0.299 e. The molecule has 0 aliphatic carbocycles. The summed E-state index contributed by atoms with van der Waals surface area (Å²) in [5, 5.41) is 12.6. The van der Waals surface area contributed by atoms with E-state index in [1.807, 2.05) is 11.3 Å². The Hall–Kier alpha value is -1.37. The summed E-state index contributed by atoms with van der Waals surface area (Å²) < 4.78 is 1.37. The molecule has 92 valence electrons. The Bertz CT molecular complexity index is 573. The summed E-state index contributed by atoms with van der Waals surface area (Å²) in [5.41, 5.74) is 1.44. The maximum Gasteiger partial charge on any atom is 0.0656 e. The summed E-state index contributed by atoms with van der Waals surface area (Å²) in [6.45, 7) is 3.15. The lowest BCUT2D eigenvalue weighted by Gasteiger charge is -2.28. The van der Waals surface area contributed by atoms with Crippen LogP contribution in [0, 0.1) is 17.2 Å².